The maximum Gasteiger partial charge on any atom is 0.255 e. The van der Waals surface area contributed by atoms with Crippen LogP contribution in [0.4, 0.5) is 15.8 Å². The first-order valence-corrected chi connectivity index (χ1v) is 11.4. The highest BCUT2D eigenvalue weighted by atomic mass is 19.1. The Balaban J connectivity index is 1.63. The zero-order valence-corrected chi connectivity index (χ0v) is 19.5. The zero-order chi connectivity index (χ0) is 24.4. The van der Waals surface area contributed by atoms with E-state index < -0.39 is 5.82 Å². The van der Waals surface area contributed by atoms with Gasteiger partial charge in [0.25, 0.3) is 5.91 Å². The lowest BCUT2D eigenvalue weighted by Crippen LogP contribution is -2.36. The number of aromatic nitrogens is 2. The number of para-hydroxylation sites is 1. The molecule has 4 heterocycles. The molecule has 3 aromatic rings. The number of nitrogens with zero attached hydrogens (tertiary/aromatic N) is 1. The molecule has 2 aromatic heterocycles. The Morgan fingerprint density at radius 3 is 2.86 bits per heavy atom. The lowest BCUT2D eigenvalue weighted by atomic mass is 9.97. The number of benzene rings is 1. The van der Waals surface area contributed by atoms with Crippen LogP contribution in [0.15, 0.2) is 36.7 Å². The summed E-state index contributed by atoms with van der Waals surface area (Å²) in [5.41, 5.74) is 3.36. The molecule has 0 radical (unpaired) electrons. The first kappa shape index (κ1) is 23.1. The van der Waals surface area contributed by atoms with Crippen LogP contribution >= 0.6 is 0 Å². The fraction of sp³-hybridized carbons (Fsp3) is 0.360. The Morgan fingerprint density at radius 2 is 2.11 bits per heavy atom. The Labute approximate surface area is 201 Å². The Hall–Kier alpha value is -3.63. The van der Waals surface area contributed by atoms with E-state index in [1.807, 2.05) is 6.07 Å². The number of amides is 1. The van der Waals surface area contributed by atoms with Crippen LogP contribution < -0.4 is 20.1 Å². The number of ether oxygens (including phenoxy) is 4. The molecule has 0 bridgehead atoms. The third-order valence-electron chi connectivity index (χ3n) is 6.24. The molecular weight excluding hydrogens is 455 g/mol. The summed E-state index contributed by atoms with van der Waals surface area (Å²) in [5.74, 6) is -0.261. The molecule has 0 aliphatic carbocycles. The number of aromatic amines is 1. The topological polar surface area (TPSA) is 107 Å². The summed E-state index contributed by atoms with van der Waals surface area (Å²) in [6.45, 7) is 1.97. The second-order valence-electron chi connectivity index (χ2n) is 8.44. The Morgan fingerprint density at radius 1 is 1.26 bits per heavy atom. The Kier molecular flexibility index (Phi) is 6.56. The van der Waals surface area contributed by atoms with Gasteiger partial charge in [-0.3, -0.25) is 9.78 Å². The molecule has 0 saturated carbocycles. The van der Waals surface area contributed by atoms with E-state index >= 15 is 0 Å². The van der Waals surface area contributed by atoms with Gasteiger partial charge in [0, 0.05) is 50.1 Å². The molecule has 9 nitrogen and oxygen atoms in total. The van der Waals surface area contributed by atoms with Crippen LogP contribution in [0.1, 0.15) is 28.4 Å². The molecule has 3 N–H and O–H groups in total. The second-order valence-corrected chi connectivity index (χ2v) is 8.44. The number of methoxy groups -OCH3 is 2. The van der Waals surface area contributed by atoms with E-state index in [1.54, 1.807) is 31.6 Å². The Bertz CT molecular complexity index is 1230. The highest BCUT2D eigenvalue weighted by molar-refractivity contribution is 6.07. The molecule has 0 spiro atoms. The number of carbonyl (C=O) groups is 1. The highest BCUT2D eigenvalue weighted by Gasteiger charge is 2.34. The minimum Gasteiger partial charge on any atom is -0.492 e. The van der Waals surface area contributed by atoms with Gasteiger partial charge in [-0.25, -0.2) is 4.39 Å². The number of rotatable bonds is 9. The number of carbonyl (C=O) groups excluding carboxylic acids is 1. The van der Waals surface area contributed by atoms with Crippen molar-refractivity contribution >= 4 is 17.3 Å². The number of nitrogens with one attached hydrogen (secondary N) is 3. The molecule has 35 heavy (non-hydrogen) atoms. The van der Waals surface area contributed by atoms with E-state index in [2.05, 4.69) is 20.6 Å². The second kappa shape index (κ2) is 9.93. The van der Waals surface area contributed by atoms with Crippen molar-refractivity contribution in [3.05, 3.63) is 53.7 Å². The average Bonchev–Trinajstić information content (AvgIpc) is 3.20. The monoisotopic (exact) mass is 482 g/mol. The third-order valence-corrected chi connectivity index (χ3v) is 6.24. The summed E-state index contributed by atoms with van der Waals surface area (Å²) in [6, 6.07) is 6.39. The minimum atomic E-state index is -0.515. The largest absolute Gasteiger partial charge is 0.492 e. The van der Waals surface area contributed by atoms with Gasteiger partial charge in [-0.15, -0.1) is 0 Å². The molecule has 1 amide bonds. The van der Waals surface area contributed by atoms with Gasteiger partial charge in [-0.1, -0.05) is 6.07 Å². The summed E-state index contributed by atoms with van der Waals surface area (Å²) >= 11 is 0. The molecular formula is C25H27FN4O5. The van der Waals surface area contributed by atoms with Crippen molar-refractivity contribution in [1.29, 1.82) is 0 Å². The number of hydrogen-bond acceptors (Lipinski definition) is 7. The predicted molar refractivity (Wildman–Crippen MR) is 127 cm³/mol. The van der Waals surface area contributed by atoms with Crippen molar-refractivity contribution in [3.8, 4) is 22.8 Å². The summed E-state index contributed by atoms with van der Waals surface area (Å²) in [4.78, 5) is 20.7. The predicted octanol–water partition coefficient (Wildman–Crippen LogP) is 3.61. The van der Waals surface area contributed by atoms with Crippen molar-refractivity contribution in [1.82, 2.24) is 15.3 Å². The van der Waals surface area contributed by atoms with Gasteiger partial charge in [0.1, 0.15) is 12.4 Å². The first-order chi connectivity index (χ1) is 17.1. The zero-order valence-electron chi connectivity index (χ0n) is 19.5. The summed E-state index contributed by atoms with van der Waals surface area (Å²) in [7, 11) is 3.02. The molecule has 1 aromatic carbocycles. The van der Waals surface area contributed by atoms with Gasteiger partial charge in [-0.2, -0.15) is 0 Å². The van der Waals surface area contributed by atoms with E-state index in [9.17, 15) is 9.18 Å². The number of pyridine rings is 1. The summed E-state index contributed by atoms with van der Waals surface area (Å²) in [5, 5.41) is 6.18. The van der Waals surface area contributed by atoms with Gasteiger partial charge in [-0.05, 0) is 18.2 Å². The minimum absolute atomic E-state index is 0.0471. The quantitative estimate of drug-likeness (QED) is 0.428. The molecule has 1 saturated heterocycles. The van der Waals surface area contributed by atoms with Gasteiger partial charge >= 0.3 is 0 Å². The first-order valence-electron chi connectivity index (χ1n) is 11.4. The summed E-state index contributed by atoms with van der Waals surface area (Å²) in [6.07, 6.45) is 4.27. The van der Waals surface area contributed by atoms with Gasteiger partial charge in [0.2, 0.25) is 0 Å². The normalized spacial score (nSPS) is 18.9. The van der Waals surface area contributed by atoms with Crippen LogP contribution in [0, 0.1) is 5.82 Å². The number of halogens is 1. The maximum absolute atomic E-state index is 14.5. The molecule has 2 aliphatic rings. The van der Waals surface area contributed by atoms with E-state index in [0.29, 0.717) is 53.7 Å². The molecule has 184 valence electrons. The average molecular weight is 483 g/mol. The molecule has 2 unspecified atom stereocenters. The highest BCUT2D eigenvalue weighted by Crippen LogP contribution is 2.43. The number of fused-ring (bicyclic) bond motifs is 1. The fourth-order valence-corrected chi connectivity index (χ4v) is 4.39. The maximum atomic E-state index is 14.5. The lowest BCUT2D eigenvalue weighted by molar-refractivity contribution is -0.0720. The molecule has 10 heteroatoms. The third kappa shape index (κ3) is 4.42. The van der Waals surface area contributed by atoms with Crippen molar-refractivity contribution < 1.29 is 28.1 Å². The fourth-order valence-electron chi connectivity index (χ4n) is 4.39. The standard InChI is InChI=1S/C25H27FN4O5/c1-32-12-14-10-28-25(31)20-21(14)30-22(23(20)29-18-5-3-4-17(26)24(18)33-2)16-6-8-27-11-19(16)35-13-15-7-9-34-15/h3-6,8,11,14-15,29-30H,7,9-10,12-13H2,1-2H3,(H,28,31). The molecule has 2 atom stereocenters. The van der Waals surface area contributed by atoms with Crippen molar-refractivity contribution in [2.24, 2.45) is 0 Å². The van der Waals surface area contributed by atoms with Crippen LogP contribution in [0.5, 0.6) is 11.5 Å². The van der Waals surface area contributed by atoms with Crippen LogP contribution in [0.25, 0.3) is 11.3 Å². The van der Waals surface area contributed by atoms with Crippen molar-refractivity contribution in [3.63, 3.8) is 0 Å². The van der Waals surface area contributed by atoms with Crippen molar-refractivity contribution in [2.45, 2.75) is 18.4 Å². The molecule has 1 fully saturated rings. The van der Waals surface area contributed by atoms with Crippen molar-refractivity contribution in [2.75, 3.05) is 45.9 Å². The number of anilines is 2. The van der Waals surface area contributed by atoms with Crippen LogP contribution in [-0.4, -0.2) is 62.6 Å². The SMILES string of the molecule is COCC1CNC(=O)c2c1[nH]c(-c1ccncc1OCC1CCO1)c2Nc1cccc(F)c1OC. The van der Waals surface area contributed by atoms with Crippen LogP contribution in [0.3, 0.4) is 0 Å². The van der Waals surface area contributed by atoms with E-state index in [0.717, 1.165) is 18.7 Å². The van der Waals surface area contributed by atoms with Gasteiger partial charge in [0.15, 0.2) is 11.6 Å². The van der Waals surface area contributed by atoms with E-state index in [4.69, 9.17) is 18.9 Å². The van der Waals surface area contributed by atoms with E-state index in [-0.39, 0.29) is 23.7 Å². The molecule has 5 rings (SSSR count). The molecule has 2 aliphatic heterocycles. The van der Waals surface area contributed by atoms with Gasteiger partial charge in [0.05, 0.1) is 48.6 Å². The van der Waals surface area contributed by atoms with E-state index in [1.165, 1.54) is 13.2 Å². The van der Waals surface area contributed by atoms with Crippen LogP contribution in [0.2, 0.25) is 0 Å². The van der Waals surface area contributed by atoms with Crippen LogP contribution in [-0.2, 0) is 9.47 Å². The van der Waals surface area contributed by atoms with Gasteiger partial charge < -0.3 is 34.6 Å². The smallest absolute Gasteiger partial charge is 0.255 e. The number of H-pyrrole nitrogens is 1. The summed E-state index contributed by atoms with van der Waals surface area (Å²) < 4.78 is 36.7. The number of hydrogen-bond donors (Lipinski definition) is 3. The lowest BCUT2D eigenvalue weighted by Gasteiger charge is -2.26.